The van der Waals surface area contributed by atoms with E-state index in [1.165, 1.54) is 64.2 Å². The summed E-state index contributed by atoms with van der Waals surface area (Å²) in [6.45, 7) is 4.57. The fourth-order valence-electron chi connectivity index (χ4n) is 3.01. The molecule has 25 heavy (non-hydrogen) atoms. The van der Waals surface area contributed by atoms with Gasteiger partial charge in [-0.05, 0) is 25.0 Å². The molecule has 0 N–H and O–H groups in total. The molecule has 0 saturated carbocycles. The summed E-state index contributed by atoms with van der Waals surface area (Å²) in [7, 11) is 4.27. The highest BCUT2D eigenvalue weighted by Crippen LogP contribution is 2.12. The molecule has 0 bridgehead atoms. The summed E-state index contributed by atoms with van der Waals surface area (Å²) in [5.74, 6) is 0.908. The monoisotopic (exact) mass is 350 g/mol. The Morgan fingerprint density at radius 3 is 1.88 bits per heavy atom. The lowest BCUT2D eigenvalue weighted by Gasteiger charge is -2.26. The summed E-state index contributed by atoms with van der Waals surface area (Å²) in [5.41, 5.74) is 0. The van der Waals surface area contributed by atoms with Gasteiger partial charge in [0.15, 0.2) is 0 Å². The molecule has 0 unspecified atom stereocenters. The molecule has 3 heteroatoms. The smallest absolute Gasteiger partial charge is 0.140 e. The van der Waals surface area contributed by atoms with Gasteiger partial charge in [-0.15, -0.1) is 0 Å². The van der Waals surface area contributed by atoms with E-state index in [1.807, 2.05) is 30.3 Å². The Labute approximate surface area is 155 Å². The summed E-state index contributed by atoms with van der Waals surface area (Å²) < 4.78 is 6.29. The van der Waals surface area contributed by atoms with Gasteiger partial charge in [-0.2, -0.15) is 9.48 Å². The van der Waals surface area contributed by atoms with Crippen molar-refractivity contribution in [3.8, 4) is 5.75 Å². The predicted molar refractivity (Wildman–Crippen MR) is 107 cm³/mol. The molecule has 0 aliphatic rings. The number of hydrogen-bond acceptors (Lipinski definition) is 2. The Balaban J connectivity index is 1.93. The van der Waals surface area contributed by atoms with Crippen LogP contribution in [-0.2, 0) is 4.84 Å². The third kappa shape index (κ3) is 12.9. The van der Waals surface area contributed by atoms with E-state index in [9.17, 15) is 0 Å². The first kappa shape index (κ1) is 22.0. The van der Waals surface area contributed by atoms with Crippen LogP contribution in [0, 0.1) is 0 Å². The van der Waals surface area contributed by atoms with Crippen molar-refractivity contribution in [2.45, 2.75) is 71.1 Å². The summed E-state index contributed by atoms with van der Waals surface area (Å²) in [5, 5.41) is 0. The van der Waals surface area contributed by atoms with Crippen molar-refractivity contribution in [1.82, 2.24) is 0 Å². The number of para-hydroxylation sites is 1. The van der Waals surface area contributed by atoms with Crippen LogP contribution in [-0.4, -0.2) is 38.5 Å². The second kappa shape index (κ2) is 14.1. The van der Waals surface area contributed by atoms with Crippen molar-refractivity contribution in [2.75, 3.05) is 33.9 Å². The van der Waals surface area contributed by atoms with Gasteiger partial charge in [0, 0.05) is 0 Å². The number of benzene rings is 1. The third-order valence-electron chi connectivity index (χ3n) is 4.59. The molecule has 144 valence electrons. The number of hydroxylamine groups is 3. The van der Waals surface area contributed by atoms with Gasteiger partial charge in [0.1, 0.15) is 25.5 Å². The lowest BCUT2D eigenvalue weighted by atomic mass is 10.1. The Morgan fingerprint density at radius 1 is 0.720 bits per heavy atom. The molecule has 0 amide bonds. The fraction of sp³-hybridized carbons (Fsp3) is 0.727. The Hall–Kier alpha value is -1.06. The zero-order valence-electron chi connectivity index (χ0n) is 16.8. The SMILES string of the molecule is CCCCCCCCCCCC[N+](C)(C)OCCOc1ccccc1. The van der Waals surface area contributed by atoms with Gasteiger partial charge < -0.3 is 4.74 Å². The maximum absolute atomic E-state index is 5.95. The average molecular weight is 351 g/mol. The molecular weight excluding hydrogens is 310 g/mol. The maximum atomic E-state index is 5.95. The Kier molecular flexibility index (Phi) is 12.4. The second-order valence-corrected chi connectivity index (χ2v) is 7.47. The first-order valence-electron chi connectivity index (χ1n) is 10.3. The lowest BCUT2D eigenvalue weighted by Crippen LogP contribution is -2.41. The molecule has 0 radical (unpaired) electrons. The minimum atomic E-state index is 0.601. The van der Waals surface area contributed by atoms with Crippen LogP contribution < -0.4 is 4.74 Å². The van der Waals surface area contributed by atoms with E-state index in [2.05, 4.69) is 21.0 Å². The van der Waals surface area contributed by atoms with Crippen LogP contribution in [0.5, 0.6) is 5.75 Å². The van der Waals surface area contributed by atoms with Crippen molar-refractivity contribution in [2.24, 2.45) is 0 Å². The lowest BCUT2D eigenvalue weighted by molar-refractivity contribution is -1.08. The molecular formula is C22H40NO2+. The van der Waals surface area contributed by atoms with Crippen LogP contribution in [0.3, 0.4) is 0 Å². The number of hydrogen-bond donors (Lipinski definition) is 0. The molecule has 0 fully saturated rings. The van der Waals surface area contributed by atoms with Crippen LogP contribution in [0.15, 0.2) is 30.3 Å². The van der Waals surface area contributed by atoms with Crippen LogP contribution in [0.4, 0.5) is 0 Å². The fourth-order valence-corrected chi connectivity index (χ4v) is 3.01. The highest BCUT2D eigenvalue weighted by molar-refractivity contribution is 5.20. The van der Waals surface area contributed by atoms with E-state index in [4.69, 9.17) is 9.57 Å². The van der Waals surface area contributed by atoms with Crippen molar-refractivity contribution in [3.05, 3.63) is 30.3 Å². The first-order chi connectivity index (χ1) is 12.1. The van der Waals surface area contributed by atoms with E-state index in [0.717, 1.165) is 12.3 Å². The number of rotatable bonds is 16. The molecule has 1 aromatic carbocycles. The molecule has 0 aliphatic carbocycles. The largest absolute Gasteiger partial charge is 0.491 e. The van der Waals surface area contributed by atoms with E-state index in [-0.39, 0.29) is 0 Å². The highest BCUT2D eigenvalue weighted by atomic mass is 16.7. The third-order valence-corrected chi connectivity index (χ3v) is 4.59. The normalized spacial score (nSPS) is 11.6. The summed E-state index contributed by atoms with van der Waals surface area (Å²) >= 11 is 0. The van der Waals surface area contributed by atoms with Gasteiger partial charge in [-0.1, -0.05) is 76.5 Å². The van der Waals surface area contributed by atoms with E-state index >= 15 is 0 Å². The van der Waals surface area contributed by atoms with Gasteiger partial charge in [-0.25, -0.2) is 0 Å². The Morgan fingerprint density at radius 2 is 1.28 bits per heavy atom. The molecule has 0 spiro atoms. The van der Waals surface area contributed by atoms with Gasteiger partial charge in [0.05, 0.1) is 14.1 Å². The number of ether oxygens (including phenoxy) is 1. The number of quaternary nitrogens is 1. The van der Waals surface area contributed by atoms with Crippen molar-refractivity contribution in [3.63, 3.8) is 0 Å². The summed E-state index contributed by atoms with van der Waals surface area (Å²) in [4.78, 5) is 5.95. The van der Waals surface area contributed by atoms with E-state index in [1.54, 1.807) is 0 Å². The molecule has 0 aliphatic heterocycles. The van der Waals surface area contributed by atoms with E-state index in [0.29, 0.717) is 17.9 Å². The van der Waals surface area contributed by atoms with Crippen molar-refractivity contribution >= 4 is 0 Å². The predicted octanol–water partition coefficient (Wildman–Crippen LogP) is 5.99. The average Bonchev–Trinajstić information content (AvgIpc) is 2.61. The van der Waals surface area contributed by atoms with Gasteiger partial charge in [0.25, 0.3) is 0 Å². The van der Waals surface area contributed by atoms with Crippen LogP contribution in [0.2, 0.25) is 0 Å². The van der Waals surface area contributed by atoms with Gasteiger partial charge in [0.2, 0.25) is 0 Å². The topological polar surface area (TPSA) is 18.5 Å². The van der Waals surface area contributed by atoms with E-state index < -0.39 is 0 Å². The zero-order valence-corrected chi connectivity index (χ0v) is 16.8. The molecule has 1 rings (SSSR count). The minimum absolute atomic E-state index is 0.601. The molecule has 0 saturated heterocycles. The minimum Gasteiger partial charge on any atom is -0.491 e. The molecule has 1 aromatic rings. The highest BCUT2D eigenvalue weighted by Gasteiger charge is 2.16. The van der Waals surface area contributed by atoms with Crippen molar-refractivity contribution in [1.29, 1.82) is 0 Å². The van der Waals surface area contributed by atoms with Gasteiger partial charge in [-0.3, -0.25) is 0 Å². The summed E-state index contributed by atoms with van der Waals surface area (Å²) in [6.07, 6.45) is 13.8. The van der Waals surface area contributed by atoms with Crippen molar-refractivity contribution < 1.29 is 14.2 Å². The first-order valence-corrected chi connectivity index (χ1v) is 10.3. The molecule has 0 heterocycles. The number of nitrogens with zero attached hydrogens (tertiary/aromatic N) is 1. The zero-order chi connectivity index (χ0) is 18.2. The van der Waals surface area contributed by atoms with Crippen LogP contribution in [0.1, 0.15) is 71.1 Å². The van der Waals surface area contributed by atoms with Crippen LogP contribution >= 0.6 is 0 Å². The van der Waals surface area contributed by atoms with Gasteiger partial charge >= 0.3 is 0 Å². The second-order valence-electron chi connectivity index (χ2n) is 7.47. The molecule has 0 atom stereocenters. The quantitative estimate of drug-likeness (QED) is 0.207. The summed E-state index contributed by atoms with van der Waals surface area (Å²) in [6, 6.07) is 9.92. The maximum Gasteiger partial charge on any atom is 0.140 e. The number of unbranched alkanes of at least 4 members (excludes halogenated alkanes) is 9. The van der Waals surface area contributed by atoms with Crippen LogP contribution in [0.25, 0.3) is 0 Å². The molecule has 3 nitrogen and oxygen atoms in total. The Bertz CT molecular complexity index is 406. The molecule has 0 aromatic heterocycles. The standard InChI is InChI=1S/C22H40NO2/c1-4-5-6-7-8-9-10-11-12-16-19-23(2,3)25-21-20-24-22-17-14-13-15-18-22/h13-15,17-18H,4-12,16,19-21H2,1-3H3/q+1.